The van der Waals surface area contributed by atoms with Crippen molar-refractivity contribution in [3.05, 3.63) is 11.5 Å². The highest BCUT2D eigenvalue weighted by molar-refractivity contribution is 6.81. The van der Waals surface area contributed by atoms with Gasteiger partial charge in [0, 0.05) is 0 Å². The van der Waals surface area contributed by atoms with Gasteiger partial charge in [0.25, 0.3) is 0 Å². The second kappa shape index (κ2) is 5.46. The van der Waals surface area contributed by atoms with Gasteiger partial charge in [0.1, 0.15) is 0 Å². The van der Waals surface area contributed by atoms with E-state index in [1.807, 2.05) is 19.6 Å². The Hall–Kier alpha value is -0.453. The number of ether oxygens (including phenoxy) is 1. The molecule has 100 valence electrons. The first-order valence-corrected chi connectivity index (χ1v) is 9.73. The predicted octanol–water partition coefficient (Wildman–Crippen LogP) is 4.66. The summed E-state index contributed by atoms with van der Waals surface area (Å²) in [7, 11) is -1.92. The van der Waals surface area contributed by atoms with Crippen molar-refractivity contribution in [1.82, 2.24) is 0 Å². The summed E-state index contributed by atoms with van der Waals surface area (Å²) in [4.78, 5) is 0. The van der Waals surface area contributed by atoms with Crippen LogP contribution in [0.4, 0.5) is 13.2 Å². The number of alkyl halides is 3. The molecule has 0 bridgehead atoms. The number of hydrogen-bond acceptors (Lipinski definition) is 1. The second-order valence-corrected chi connectivity index (χ2v) is 10.8. The maximum absolute atomic E-state index is 12.8. The second-order valence-electron chi connectivity index (χ2n) is 5.75. The van der Waals surface area contributed by atoms with Crippen molar-refractivity contribution in [2.24, 2.45) is 0 Å². The minimum absolute atomic E-state index is 0.243. The van der Waals surface area contributed by atoms with Gasteiger partial charge in [0.05, 0.1) is 14.2 Å². The Labute approximate surface area is 102 Å². The van der Waals surface area contributed by atoms with Crippen LogP contribution in [0.15, 0.2) is 11.5 Å². The molecule has 0 unspecified atom stereocenters. The molecule has 5 heteroatoms. The summed E-state index contributed by atoms with van der Waals surface area (Å²) in [6.07, 6.45) is -0.0339. The molecule has 17 heavy (non-hydrogen) atoms. The van der Waals surface area contributed by atoms with E-state index in [2.05, 4.69) is 0 Å². The SMILES string of the molecule is C[Si](C)(C)/C=C(/OC1CCCCC1)C(F)(F)F. The van der Waals surface area contributed by atoms with Crippen LogP contribution in [0, 0.1) is 0 Å². The fourth-order valence-electron chi connectivity index (χ4n) is 1.94. The van der Waals surface area contributed by atoms with Gasteiger partial charge in [-0.3, -0.25) is 0 Å². The van der Waals surface area contributed by atoms with Crippen LogP contribution in [0.1, 0.15) is 32.1 Å². The van der Waals surface area contributed by atoms with Crippen LogP contribution in [0.3, 0.4) is 0 Å². The Morgan fingerprint density at radius 1 is 1.12 bits per heavy atom. The molecule has 0 atom stereocenters. The standard InChI is InChI=1S/C12H21F3OSi/c1-17(2,3)9-11(12(13,14)15)16-10-7-5-4-6-8-10/h9-10H,4-8H2,1-3H3/b11-9+. The van der Waals surface area contributed by atoms with Gasteiger partial charge in [0.2, 0.25) is 0 Å². The van der Waals surface area contributed by atoms with E-state index in [-0.39, 0.29) is 6.10 Å². The lowest BCUT2D eigenvalue weighted by molar-refractivity contribution is -0.142. The Bertz CT molecular complexity index is 272. The summed E-state index contributed by atoms with van der Waals surface area (Å²) in [6.45, 7) is 5.63. The molecule has 1 nitrogen and oxygen atoms in total. The Morgan fingerprint density at radius 2 is 1.65 bits per heavy atom. The molecule has 0 aliphatic heterocycles. The monoisotopic (exact) mass is 266 g/mol. The normalized spacial score (nSPS) is 20.5. The zero-order valence-corrected chi connectivity index (χ0v) is 11.7. The topological polar surface area (TPSA) is 9.23 Å². The highest BCUT2D eigenvalue weighted by Crippen LogP contribution is 2.32. The first kappa shape index (κ1) is 14.6. The largest absolute Gasteiger partial charge is 0.486 e. The smallest absolute Gasteiger partial charge is 0.448 e. The zero-order valence-electron chi connectivity index (χ0n) is 10.7. The van der Waals surface area contributed by atoms with Crippen LogP contribution < -0.4 is 0 Å². The molecule has 0 aromatic heterocycles. The summed E-state index contributed by atoms with van der Waals surface area (Å²) in [5.74, 6) is -0.761. The number of hydrogen-bond donors (Lipinski definition) is 0. The van der Waals surface area contributed by atoms with E-state index in [0.29, 0.717) is 0 Å². The van der Waals surface area contributed by atoms with Gasteiger partial charge in [0.15, 0.2) is 5.76 Å². The summed E-state index contributed by atoms with van der Waals surface area (Å²) in [5, 5.41) is 0. The van der Waals surface area contributed by atoms with Crippen LogP contribution >= 0.6 is 0 Å². The predicted molar refractivity (Wildman–Crippen MR) is 65.4 cm³/mol. The lowest BCUT2D eigenvalue weighted by atomic mass is 9.98. The van der Waals surface area contributed by atoms with Gasteiger partial charge in [-0.1, -0.05) is 26.1 Å². The minimum atomic E-state index is -4.35. The molecule has 0 N–H and O–H groups in total. The highest BCUT2D eigenvalue weighted by Gasteiger charge is 2.38. The molecule has 0 spiro atoms. The van der Waals surface area contributed by atoms with Crippen LogP contribution in [-0.2, 0) is 4.74 Å². The van der Waals surface area contributed by atoms with Crippen molar-refractivity contribution in [2.75, 3.05) is 0 Å². The molecule has 0 aromatic carbocycles. The van der Waals surface area contributed by atoms with Gasteiger partial charge in [-0.15, -0.1) is 0 Å². The molecule has 0 saturated heterocycles. The number of allylic oxidation sites excluding steroid dienone is 1. The maximum atomic E-state index is 12.8. The highest BCUT2D eigenvalue weighted by atomic mass is 28.3. The Kier molecular flexibility index (Phi) is 4.69. The van der Waals surface area contributed by atoms with Gasteiger partial charge < -0.3 is 4.74 Å². The fraction of sp³-hybridized carbons (Fsp3) is 0.833. The van der Waals surface area contributed by atoms with E-state index in [1.54, 1.807) is 0 Å². The molecule has 0 aromatic rings. The van der Waals surface area contributed by atoms with Crippen molar-refractivity contribution in [3.63, 3.8) is 0 Å². The van der Waals surface area contributed by atoms with Crippen molar-refractivity contribution in [1.29, 1.82) is 0 Å². The van der Waals surface area contributed by atoms with E-state index >= 15 is 0 Å². The van der Waals surface area contributed by atoms with E-state index in [9.17, 15) is 13.2 Å². The minimum Gasteiger partial charge on any atom is -0.486 e. The van der Waals surface area contributed by atoms with Gasteiger partial charge in [-0.2, -0.15) is 13.2 Å². The van der Waals surface area contributed by atoms with Gasteiger partial charge in [-0.05, 0) is 31.4 Å². The van der Waals surface area contributed by atoms with E-state index in [0.717, 1.165) is 32.1 Å². The third kappa shape index (κ3) is 5.61. The first-order chi connectivity index (χ1) is 7.68. The molecule has 1 aliphatic rings. The van der Waals surface area contributed by atoms with Crippen LogP contribution in [0.5, 0.6) is 0 Å². The van der Waals surface area contributed by atoms with Crippen LogP contribution in [-0.4, -0.2) is 20.4 Å². The van der Waals surface area contributed by atoms with Crippen LogP contribution in [0.25, 0.3) is 0 Å². The van der Waals surface area contributed by atoms with Crippen molar-refractivity contribution in [3.8, 4) is 0 Å². The fourth-order valence-corrected chi connectivity index (χ4v) is 2.96. The van der Waals surface area contributed by atoms with E-state index in [4.69, 9.17) is 4.74 Å². The number of halogens is 3. The third-order valence-electron chi connectivity index (χ3n) is 2.69. The first-order valence-electron chi connectivity index (χ1n) is 6.15. The van der Waals surface area contributed by atoms with Crippen molar-refractivity contribution < 1.29 is 17.9 Å². The molecule has 1 fully saturated rings. The molecule has 0 heterocycles. The van der Waals surface area contributed by atoms with Gasteiger partial charge >= 0.3 is 6.18 Å². The molecule has 1 saturated carbocycles. The average molecular weight is 266 g/mol. The summed E-state index contributed by atoms with van der Waals surface area (Å²) in [6, 6.07) is 0. The van der Waals surface area contributed by atoms with Crippen molar-refractivity contribution >= 4 is 8.07 Å². The molecular weight excluding hydrogens is 245 g/mol. The Morgan fingerprint density at radius 3 is 2.06 bits per heavy atom. The van der Waals surface area contributed by atoms with Crippen molar-refractivity contribution in [2.45, 2.75) is 64.0 Å². The average Bonchev–Trinajstić information content (AvgIpc) is 2.15. The lowest BCUT2D eigenvalue weighted by Crippen LogP contribution is -2.27. The third-order valence-corrected chi connectivity index (χ3v) is 3.82. The molecule has 0 amide bonds. The summed E-state index contributed by atoms with van der Waals surface area (Å²) >= 11 is 0. The maximum Gasteiger partial charge on any atom is 0.448 e. The van der Waals surface area contributed by atoms with E-state index in [1.165, 1.54) is 5.70 Å². The lowest BCUT2D eigenvalue weighted by Gasteiger charge is -2.26. The molecule has 1 aliphatic carbocycles. The summed E-state index contributed by atoms with van der Waals surface area (Å²) in [5.41, 5.74) is 1.32. The quantitative estimate of drug-likeness (QED) is 0.533. The Balaban J connectivity index is 2.74. The summed E-state index contributed by atoms with van der Waals surface area (Å²) < 4.78 is 43.7. The molecular formula is C12H21F3OSi. The zero-order chi connectivity index (χ0) is 13.1. The van der Waals surface area contributed by atoms with Crippen LogP contribution in [0.2, 0.25) is 19.6 Å². The molecule has 1 rings (SSSR count). The van der Waals surface area contributed by atoms with Gasteiger partial charge in [-0.25, -0.2) is 0 Å². The number of rotatable bonds is 3. The van der Waals surface area contributed by atoms with E-state index < -0.39 is 20.0 Å². The molecule has 0 radical (unpaired) electrons.